The van der Waals surface area contributed by atoms with Crippen molar-refractivity contribution in [2.75, 3.05) is 24.7 Å². The molecule has 2 fully saturated rings. The second-order valence-electron chi connectivity index (χ2n) is 6.70. The maximum atomic E-state index is 12.9. The van der Waals surface area contributed by atoms with Gasteiger partial charge in [0.15, 0.2) is 0 Å². The van der Waals surface area contributed by atoms with E-state index >= 15 is 0 Å². The second kappa shape index (κ2) is 8.45. The van der Waals surface area contributed by atoms with Crippen molar-refractivity contribution < 1.29 is 19.1 Å². The molecule has 0 aliphatic carbocycles. The fraction of sp³-hybridized carbons (Fsp3) is 0.579. The summed E-state index contributed by atoms with van der Waals surface area (Å²) in [5.74, 6) is -0.135. The molecule has 0 aromatic heterocycles. The van der Waals surface area contributed by atoms with Crippen molar-refractivity contribution >= 4 is 17.5 Å². The highest BCUT2D eigenvalue weighted by molar-refractivity contribution is 5.96. The number of para-hydroxylation sites is 1. The Kier molecular flexibility index (Phi) is 6.04. The summed E-state index contributed by atoms with van der Waals surface area (Å²) in [5.41, 5.74) is 0.821. The summed E-state index contributed by atoms with van der Waals surface area (Å²) in [6, 6.07) is 9.35. The van der Waals surface area contributed by atoms with Gasteiger partial charge in [-0.1, -0.05) is 18.2 Å². The quantitative estimate of drug-likeness (QED) is 0.854. The lowest BCUT2D eigenvalue weighted by Gasteiger charge is -2.29. The maximum Gasteiger partial charge on any atom is 0.256 e. The third-order valence-electron chi connectivity index (χ3n) is 4.61. The number of nitrogens with zero attached hydrogens (tertiary/aromatic N) is 1. The van der Waals surface area contributed by atoms with Gasteiger partial charge in [-0.05, 0) is 44.7 Å². The average molecular weight is 346 g/mol. The minimum Gasteiger partial charge on any atom is -0.368 e. The summed E-state index contributed by atoms with van der Waals surface area (Å²) in [6.45, 7) is 3.58. The largest absolute Gasteiger partial charge is 0.368 e. The Morgan fingerprint density at radius 3 is 2.36 bits per heavy atom. The van der Waals surface area contributed by atoms with E-state index in [1.165, 1.54) is 0 Å². The van der Waals surface area contributed by atoms with Gasteiger partial charge in [0.25, 0.3) is 5.91 Å². The van der Waals surface area contributed by atoms with Crippen molar-refractivity contribution in [3.8, 4) is 0 Å². The van der Waals surface area contributed by atoms with E-state index in [1.807, 2.05) is 37.3 Å². The first kappa shape index (κ1) is 17.9. The van der Waals surface area contributed by atoms with Crippen LogP contribution in [-0.2, 0) is 19.1 Å². The predicted octanol–water partition coefficient (Wildman–Crippen LogP) is 1.88. The van der Waals surface area contributed by atoms with Crippen LogP contribution in [0.1, 0.15) is 32.6 Å². The summed E-state index contributed by atoms with van der Waals surface area (Å²) in [5, 5.41) is 2.97. The number of nitrogens with one attached hydrogen (secondary N) is 1. The van der Waals surface area contributed by atoms with Crippen LogP contribution in [0.3, 0.4) is 0 Å². The van der Waals surface area contributed by atoms with Crippen molar-refractivity contribution in [3.63, 3.8) is 0 Å². The fourth-order valence-corrected chi connectivity index (χ4v) is 3.32. The van der Waals surface area contributed by atoms with E-state index in [2.05, 4.69) is 5.32 Å². The minimum absolute atomic E-state index is 0.0399. The van der Waals surface area contributed by atoms with Gasteiger partial charge in [-0.15, -0.1) is 0 Å². The minimum atomic E-state index is -0.388. The van der Waals surface area contributed by atoms with Gasteiger partial charge < -0.3 is 19.7 Å². The molecule has 6 nitrogen and oxygen atoms in total. The topological polar surface area (TPSA) is 67.9 Å². The van der Waals surface area contributed by atoms with Crippen molar-refractivity contribution in [2.45, 2.75) is 50.9 Å². The highest BCUT2D eigenvalue weighted by atomic mass is 16.5. The Morgan fingerprint density at radius 1 is 1.12 bits per heavy atom. The van der Waals surface area contributed by atoms with Crippen LogP contribution in [0.25, 0.3) is 0 Å². The molecule has 6 heteroatoms. The van der Waals surface area contributed by atoms with Crippen LogP contribution in [0.2, 0.25) is 0 Å². The van der Waals surface area contributed by atoms with Gasteiger partial charge in [-0.3, -0.25) is 9.59 Å². The van der Waals surface area contributed by atoms with Crippen LogP contribution in [-0.4, -0.2) is 49.8 Å². The molecule has 2 heterocycles. The fourth-order valence-electron chi connectivity index (χ4n) is 3.32. The van der Waals surface area contributed by atoms with Crippen LogP contribution >= 0.6 is 0 Å². The Balaban J connectivity index is 1.66. The first-order valence-electron chi connectivity index (χ1n) is 9.05. The number of rotatable bonds is 6. The summed E-state index contributed by atoms with van der Waals surface area (Å²) < 4.78 is 11.0. The van der Waals surface area contributed by atoms with E-state index < -0.39 is 0 Å². The molecule has 1 aromatic rings. The molecule has 1 aromatic carbocycles. The summed E-state index contributed by atoms with van der Waals surface area (Å²) >= 11 is 0. The van der Waals surface area contributed by atoms with Crippen molar-refractivity contribution in [1.29, 1.82) is 0 Å². The summed E-state index contributed by atoms with van der Waals surface area (Å²) in [6.07, 6.45) is 2.58. The van der Waals surface area contributed by atoms with Crippen LogP contribution in [0.5, 0.6) is 0 Å². The Bertz CT molecular complexity index is 580. The highest BCUT2D eigenvalue weighted by Crippen LogP contribution is 2.21. The monoisotopic (exact) mass is 346 g/mol. The van der Waals surface area contributed by atoms with E-state index in [-0.39, 0.29) is 30.1 Å². The molecule has 2 saturated heterocycles. The van der Waals surface area contributed by atoms with Gasteiger partial charge in [0.1, 0.15) is 12.2 Å². The lowest BCUT2D eigenvalue weighted by molar-refractivity contribution is -0.131. The van der Waals surface area contributed by atoms with Gasteiger partial charge in [-0.2, -0.15) is 0 Å². The van der Waals surface area contributed by atoms with Crippen LogP contribution in [0.4, 0.5) is 5.69 Å². The zero-order valence-corrected chi connectivity index (χ0v) is 14.6. The lowest BCUT2D eigenvalue weighted by Crippen LogP contribution is -2.49. The van der Waals surface area contributed by atoms with Crippen molar-refractivity contribution in [1.82, 2.24) is 5.32 Å². The molecule has 0 saturated carbocycles. The number of amides is 2. The molecule has 1 N–H and O–H groups in total. The molecule has 2 amide bonds. The standard InChI is InChI=1S/C19H26N2O4/c1-14(20-18(22)16-9-5-11-24-16)13-21(15-7-3-2-4-8-15)19(23)17-10-6-12-25-17/h2-4,7-8,14,16-17H,5-6,9-13H2,1H3,(H,20,22). The zero-order valence-electron chi connectivity index (χ0n) is 14.6. The molecular formula is C19H26N2O4. The second-order valence-corrected chi connectivity index (χ2v) is 6.70. The Labute approximate surface area is 148 Å². The molecule has 25 heavy (non-hydrogen) atoms. The molecule has 0 spiro atoms. The number of anilines is 1. The Hall–Kier alpha value is -1.92. The van der Waals surface area contributed by atoms with Crippen LogP contribution in [0.15, 0.2) is 30.3 Å². The number of carbonyl (C=O) groups is 2. The van der Waals surface area contributed by atoms with E-state index in [0.717, 1.165) is 31.4 Å². The number of hydrogen-bond acceptors (Lipinski definition) is 4. The molecule has 2 aliphatic heterocycles. The van der Waals surface area contributed by atoms with Crippen LogP contribution < -0.4 is 10.2 Å². The summed E-state index contributed by atoms with van der Waals surface area (Å²) in [7, 11) is 0. The predicted molar refractivity (Wildman–Crippen MR) is 94.3 cm³/mol. The first-order valence-corrected chi connectivity index (χ1v) is 9.05. The average Bonchev–Trinajstić information content (AvgIpc) is 3.33. The number of carbonyl (C=O) groups excluding carboxylic acids is 2. The molecule has 2 aliphatic rings. The number of hydrogen-bond donors (Lipinski definition) is 1. The normalized spacial score (nSPS) is 24.0. The summed E-state index contributed by atoms with van der Waals surface area (Å²) in [4.78, 5) is 26.8. The molecule has 0 radical (unpaired) electrons. The number of benzene rings is 1. The Morgan fingerprint density at radius 2 is 1.76 bits per heavy atom. The van der Waals surface area contributed by atoms with E-state index in [0.29, 0.717) is 19.8 Å². The van der Waals surface area contributed by atoms with E-state index in [1.54, 1.807) is 4.90 Å². The molecule has 0 bridgehead atoms. The van der Waals surface area contributed by atoms with Gasteiger partial charge in [-0.25, -0.2) is 0 Å². The smallest absolute Gasteiger partial charge is 0.256 e. The molecular weight excluding hydrogens is 320 g/mol. The SMILES string of the molecule is CC(CN(C(=O)C1CCCO1)c1ccccc1)NC(=O)C1CCCO1. The van der Waals surface area contributed by atoms with E-state index in [9.17, 15) is 9.59 Å². The third-order valence-corrected chi connectivity index (χ3v) is 4.61. The van der Waals surface area contributed by atoms with Gasteiger partial charge >= 0.3 is 0 Å². The van der Waals surface area contributed by atoms with Crippen molar-refractivity contribution in [2.24, 2.45) is 0 Å². The lowest BCUT2D eigenvalue weighted by atomic mass is 10.1. The first-order chi connectivity index (χ1) is 12.1. The van der Waals surface area contributed by atoms with Gasteiger partial charge in [0.2, 0.25) is 5.91 Å². The van der Waals surface area contributed by atoms with Crippen molar-refractivity contribution in [3.05, 3.63) is 30.3 Å². The third kappa shape index (κ3) is 4.58. The van der Waals surface area contributed by atoms with Gasteiger partial charge in [0.05, 0.1) is 0 Å². The number of ether oxygens (including phenoxy) is 2. The molecule has 3 rings (SSSR count). The molecule has 136 valence electrons. The zero-order chi connectivity index (χ0) is 17.6. The molecule has 3 atom stereocenters. The maximum absolute atomic E-state index is 12.9. The van der Waals surface area contributed by atoms with E-state index in [4.69, 9.17) is 9.47 Å². The van der Waals surface area contributed by atoms with Gasteiger partial charge in [0, 0.05) is 31.5 Å². The highest BCUT2D eigenvalue weighted by Gasteiger charge is 2.31. The van der Waals surface area contributed by atoms with Crippen LogP contribution in [0, 0.1) is 0 Å². The molecule has 3 unspecified atom stereocenters.